The van der Waals surface area contributed by atoms with Gasteiger partial charge in [-0.25, -0.2) is 0 Å². The molecule has 0 aliphatic rings. The van der Waals surface area contributed by atoms with Crippen LogP contribution >= 0.6 is 23.4 Å². The Morgan fingerprint density at radius 1 is 1.62 bits per heavy atom. The first kappa shape index (κ1) is 13.1. The van der Waals surface area contributed by atoms with Crippen LogP contribution in [0.1, 0.15) is 23.4 Å². The summed E-state index contributed by atoms with van der Waals surface area (Å²) in [4.78, 5) is 12.3. The number of hydrogen-bond acceptors (Lipinski definition) is 3. The van der Waals surface area contributed by atoms with Crippen molar-refractivity contribution in [3.05, 3.63) is 29.3 Å². The Kier molecular flexibility index (Phi) is 4.85. The van der Waals surface area contributed by atoms with E-state index in [1.54, 1.807) is 11.8 Å². The van der Waals surface area contributed by atoms with Crippen molar-refractivity contribution in [2.75, 3.05) is 6.26 Å². The second kappa shape index (κ2) is 5.93. The van der Waals surface area contributed by atoms with Crippen molar-refractivity contribution >= 4 is 29.1 Å². The SMILES string of the molecule is CSc1ccc(CC#N)c(C(Cl)C(C)=O)c1. The molecule has 84 valence electrons. The van der Waals surface area contributed by atoms with Crippen molar-refractivity contribution < 1.29 is 4.79 Å². The van der Waals surface area contributed by atoms with Crippen LogP contribution in [0.2, 0.25) is 0 Å². The third-order valence-corrected chi connectivity index (χ3v) is 3.52. The van der Waals surface area contributed by atoms with Gasteiger partial charge in [-0.3, -0.25) is 4.79 Å². The second-order valence-corrected chi connectivity index (χ2v) is 4.69. The van der Waals surface area contributed by atoms with Gasteiger partial charge in [-0.05, 0) is 36.4 Å². The van der Waals surface area contributed by atoms with Gasteiger partial charge in [0.05, 0.1) is 12.5 Å². The molecule has 0 spiro atoms. The molecule has 1 atom stereocenters. The largest absolute Gasteiger partial charge is 0.298 e. The van der Waals surface area contributed by atoms with Gasteiger partial charge in [0.25, 0.3) is 0 Å². The number of carbonyl (C=O) groups is 1. The summed E-state index contributed by atoms with van der Waals surface area (Å²) in [5.41, 5.74) is 1.58. The number of nitriles is 1. The fraction of sp³-hybridized carbons (Fsp3) is 0.333. The molecule has 0 saturated carbocycles. The number of halogens is 1. The van der Waals surface area contributed by atoms with Crippen molar-refractivity contribution in [1.82, 2.24) is 0 Å². The van der Waals surface area contributed by atoms with Crippen LogP contribution in [0.4, 0.5) is 0 Å². The van der Waals surface area contributed by atoms with Crippen LogP contribution in [-0.4, -0.2) is 12.0 Å². The number of carbonyl (C=O) groups excluding carboxylic acids is 1. The van der Waals surface area contributed by atoms with Gasteiger partial charge in [0, 0.05) is 4.90 Å². The first-order chi connectivity index (χ1) is 7.60. The lowest BCUT2D eigenvalue weighted by molar-refractivity contribution is -0.116. The van der Waals surface area contributed by atoms with Gasteiger partial charge < -0.3 is 0 Å². The van der Waals surface area contributed by atoms with Crippen LogP contribution in [0.15, 0.2) is 23.1 Å². The van der Waals surface area contributed by atoms with Gasteiger partial charge in [-0.2, -0.15) is 5.26 Å². The molecule has 0 aliphatic heterocycles. The zero-order valence-corrected chi connectivity index (χ0v) is 10.7. The van der Waals surface area contributed by atoms with Gasteiger partial charge >= 0.3 is 0 Å². The van der Waals surface area contributed by atoms with Crippen LogP contribution in [0, 0.1) is 11.3 Å². The third kappa shape index (κ3) is 3.01. The maximum atomic E-state index is 11.3. The zero-order valence-electron chi connectivity index (χ0n) is 9.16. The van der Waals surface area contributed by atoms with Gasteiger partial charge in [0.15, 0.2) is 5.78 Å². The minimum Gasteiger partial charge on any atom is -0.298 e. The number of benzene rings is 1. The van der Waals surface area contributed by atoms with E-state index >= 15 is 0 Å². The molecule has 0 bridgehead atoms. The average Bonchev–Trinajstić information content (AvgIpc) is 2.29. The maximum Gasteiger partial charge on any atom is 0.152 e. The Labute approximate surface area is 105 Å². The summed E-state index contributed by atoms with van der Waals surface area (Å²) in [6, 6.07) is 7.76. The van der Waals surface area contributed by atoms with E-state index in [4.69, 9.17) is 16.9 Å². The number of thioether (sulfide) groups is 1. The lowest BCUT2D eigenvalue weighted by Gasteiger charge is -2.12. The fourth-order valence-corrected chi connectivity index (χ4v) is 2.05. The molecule has 1 unspecified atom stereocenters. The Balaban J connectivity index is 3.20. The summed E-state index contributed by atoms with van der Waals surface area (Å²) >= 11 is 7.63. The van der Waals surface area contributed by atoms with E-state index in [1.165, 1.54) is 6.92 Å². The standard InChI is InChI=1S/C12H12ClNOS/c1-8(15)12(13)11-7-10(16-2)4-3-9(11)5-6-14/h3-4,7,12H,5H2,1-2H3. The van der Waals surface area contributed by atoms with Crippen molar-refractivity contribution in [3.63, 3.8) is 0 Å². The predicted molar refractivity (Wildman–Crippen MR) is 66.8 cm³/mol. The van der Waals surface area contributed by atoms with Gasteiger partial charge in [-0.15, -0.1) is 23.4 Å². The molecule has 1 rings (SSSR count). The molecular formula is C12H12ClNOS. The average molecular weight is 254 g/mol. The zero-order chi connectivity index (χ0) is 12.1. The summed E-state index contributed by atoms with van der Waals surface area (Å²) in [6.07, 6.45) is 2.24. The summed E-state index contributed by atoms with van der Waals surface area (Å²) in [5.74, 6) is -0.0980. The highest BCUT2D eigenvalue weighted by atomic mass is 35.5. The molecule has 0 amide bonds. The Morgan fingerprint density at radius 2 is 2.31 bits per heavy atom. The molecule has 4 heteroatoms. The molecular weight excluding hydrogens is 242 g/mol. The number of nitrogens with zero attached hydrogens (tertiary/aromatic N) is 1. The van der Waals surface area contributed by atoms with E-state index in [9.17, 15) is 4.79 Å². The second-order valence-electron chi connectivity index (χ2n) is 3.37. The lowest BCUT2D eigenvalue weighted by atomic mass is 10.0. The number of hydrogen-bond donors (Lipinski definition) is 0. The molecule has 1 aromatic rings. The maximum absolute atomic E-state index is 11.3. The van der Waals surface area contributed by atoms with Crippen molar-refractivity contribution in [2.24, 2.45) is 0 Å². The first-order valence-corrected chi connectivity index (χ1v) is 6.44. The predicted octanol–water partition coefficient (Wildman–Crippen LogP) is 3.34. The molecule has 1 aromatic carbocycles. The fourth-order valence-electron chi connectivity index (χ4n) is 1.40. The minimum atomic E-state index is -0.657. The van der Waals surface area contributed by atoms with Crippen LogP contribution < -0.4 is 0 Å². The topological polar surface area (TPSA) is 40.9 Å². The highest BCUT2D eigenvalue weighted by Gasteiger charge is 2.17. The molecule has 0 heterocycles. The normalized spacial score (nSPS) is 11.9. The summed E-state index contributed by atoms with van der Waals surface area (Å²) in [7, 11) is 0. The smallest absolute Gasteiger partial charge is 0.152 e. The molecule has 0 aliphatic carbocycles. The Hall–Kier alpha value is -0.980. The highest BCUT2D eigenvalue weighted by molar-refractivity contribution is 7.98. The Morgan fingerprint density at radius 3 is 2.81 bits per heavy atom. The number of alkyl halides is 1. The van der Waals surface area contributed by atoms with Crippen molar-refractivity contribution in [1.29, 1.82) is 5.26 Å². The van der Waals surface area contributed by atoms with E-state index < -0.39 is 5.38 Å². The lowest BCUT2D eigenvalue weighted by Crippen LogP contribution is -2.05. The van der Waals surface area contributed by atoms with Crippen molar-refractivity contribution in [2.45, 2.75) is 23.6 Å². The number of rotatable bonds is 4. The first-order valence-electron chi connectivity index (χ1n) is 4.78. The van der Waals surface area contributed by atoms with E-state index in [2.05, 4.69) is 6.07 Å². The molecule has 16 heavy (non-hydrogen) atoms. The summed E-state index contributed by atoms with van der Waals surface area (Å²) in [6.45, 7) is 1.46. The number of Topliss-reactive ketones (excluding diaryl/α,β-unsaturated/α-hetero) is 1. The molecule has 0 N–H and O–H groups in total. The molecule has 2 nitrogen and oxygen atoms in total. The van der Waals surface area contributed by atoms with Gasteiger partial charge in [0.2, 0.25) is 0 Å². The quantitative estimate of drug-likeness (QED) is 0.610. The van der Waals surface area contributed by atoms with E-state index in [0.717, 1.165) is 16.0 Å². The van der Waals surface area contributed by atoms with Crippen LogP contribution in [-0.2, 0) is 11.2 Å². The third-order valence-electron chi connectivity index (χ3n) is 2.25. The van der Waals surface area contributed by atoms with Crippen molar-refractivity contribution in [3.8, 4) is 6.07 Å². The van der Waals surface area contributed by atoms with Crippen LogP contribution in [0.25, 0.3) is 0 Å². The van der Waals surface area contributed by atoms with E-state index in [1.807, 2.05) is 24.5 Å². The monoisotopic (exact) mass is 253 g/mol. The molecule has 0 radical (unpaired) electrons. The summed E-state index contributed by atoms with van der Waals surface area (Å²) < 4.78 is 0. The summed E-state index contributed by atoms with van der Waals surface area (Å²) in [5, 5.41) is 8.05. The van der Waals surface area contributed by atoms with Gasteiger partial charge in [-0.1, -0.05) is 6.07 Å². The minimum absolute atomic E-state index is 0.0980. The van der Waals surface area contributed by atoms with Gasteiger partial charge in [0.1, 0.15) is 5.38 Å². The Bertz CT molecular complexity index is 439. The molecule has 0 aromatic heterocycles. The van der Waals surface area contributed by atoms with E-state index in [0.29, 0.717) is 0 Å². The molecule has 0 fully saturated rings. The van der Waals surface area contributed by atoms with Crippen LogP contribution in [0.3, 0.4) is 0 Å². The molecule has 0 saturated heterocycles. The van der Waals surface area contributed by atoms with E-state index in [-0.39, 0.29) is 12.2 Å². The van der Waals surface area contributed by atoms with Crippen LogP contribution in [0.5, 0.6) is 0 Å². The number of ketones is 1. The highest BCUT2D eigenvalue weighted by Crippen LogP contribution is 2.29.